The van der Waals surface area contributed by atoms with E-state index in [-0.39, 0.29) is 0 Å². The van der Waals surface area contributed by atoms with Crippen LogP contribution in [-0.2, 0) is 19.1 Å². The largest absolute Gasteiger partial charge is 0.469 e. The number of carbonyl (C=O) groups excluding carboxylic acids is 2. The third-order valence-electron chi connectivity index (χ3n) is 5.56. The van der Waals surface area contributed by atoms with Gasteiger partial charge >= 0.3 is 11.9 Å². The summed E-state index contributed by atoms with van der Waals surface area (Å²) in [6, 6.07) is 27.1. The fourth-order valence-corrected chi connectivity index (χ4v) is 4.18. The van der Waals surface area contributed by atoms with E-state index in [1.54, 1.807) is 0 Å². The molecule has 0 heterocycles. The summed E-state index contributed by atoms with van der Waals surface area (Å²) in [6.45, 7) is 0. The second kappa shape index (κ2) is 8.37. The summed E-state index contributed by atoms with van der Waals surface area (Å²) in [5, 5.41) is 3.80. The van der Waals surface area contributed by atoms with E-state index in [9.17, 15) is 9.59 Å². The minimum Gasteiger partial charge on any atom is -0.469 e. The smallest absolute Gasteiger partial charge is 0.314 e. The monoisotopic (exact) mass is 398 g/mol. The van der Waals surface area contributed by atoms with Crippen LogP contribution in [0.2, 0.25) is 0 Å². The fourth-order valence-electron chi connectivity index (χ4n) is 4.18. The zero-order valence-electron chi connectivity index (χ0n) is 16.9. The van der Waals surface area contributed by atoms with Crippen molar-refractivity contribution in [1.82, 2.24) is 0 Å². The van der Waals surface area contributed by atoms with Gasteiger partial charge in [-0.15, -0.1) is 0 Å². The summed E-state index contributed by atoms with van der Waals surface area (Å²) in [6.07, 6.45) is 0. The number of hydrogen-bond acceptors (Lipinski definition) is 4. The molecule has 2 unspecified atom stereocenters. The van der Waals surface area contributed by atoms with Crippen LogP contribution in [0.4, 0.5) is 0 Å². The van der Waals surface area contributed by atoms with E-state index in [1.807, 2.05) is 84.9 Å². The van der Waals surface area contributed by atoms with E-state index in [0.29, 0.717) is 0 Å². The maximum Gasteiger partial charge on any atom is 0.314 e. The van der Waals surface area contributed by atoms with Gasteiger partial charge < -0.3 is 9.47 Å². The molecule has 2 atom stereocenters. The number of esters is 2. The Labute approximate surface area is 175 Å². The van der Waals surface area contributed by atoms with Gasteiger partial charge in [0.2, 0.25) is 0 Å². The first-order valence-corrected chi connectivity index (χ1v) is 9.76. The molecule has 0 radical (unpaired) electrons. The molecule has 4 rings (SSSR count). The second-order valence-corrected chi connectivity index (χ2v) is 7.14. The van der Waals surface area contributed by atoms with Crippen molar-refractivity contribution < 1.29 is 19.1 Å². The predicted octanol–water partition coefficient (Wildman–Crippen LogP) is 5.21. The Balaban J connectivity index is 2.01. The van der Waals surface area contributed by atoms with Crippen LogP contribution in [0.25, 0.3) is 21.5 Å². The second-order valence-electron chi connectivity index (χ2n) is 7.14. The summed E-state index contributed by atoms with van der Waals surface area (Å²) >= 11 is 0. The molecule has 0 aliphatic rings. The zero-order chi connectivity index (χ0) is 21.1. The number of benzene rings is 4. The van der Waals surface area contributed by atoms with Gasteiger partial charge in [-0.3, -0.25) is 9.59 Å². The van der Waals surface area contributed by atoms with Gasteiger partial charge in [0, 0.05) is 0 Å². The summed E-state index contributed by atoms with van der Waals surface area (Å²) in [5.74, 6) is -2.65. The molecule has 4 aromatic rings. The van der Waals surface area contributed by atoms with E-state index in [2.05, 4.69) is 0 Å². The van der Waals surface area contributed by atoms with Crippen molar-refractivity contribution in [3.8, 4) is 0 Å². The Morgan fingerprint density at radius 2 is 0.933 bits per heavy atom. The maximum absolute atomic E-state index is 13.1. The van der Waals surface area contributed by atoms with Crippen molar-refractivity contribution in [2.75, 3.05) is 14.2 Å². The number of fused-ring (bicyclic) bond motifs is 2. The van der Waals surface area contributed by atoms with Crippen LogP contribution in [-0.4, -0.2) is 26.2 Å². The molecule has 150 valence electrons. The van der Waals surface area contributed by atoms with Gasteiger partial charge in [0.05, 0.1) is 26.1 Å². The van der Waals surface area contributed by atoms with Crippen LogP contribution < -0.4 is 0 Å². The van der Waals surface area contributed by atoms with Crippen molar-refractivity contribution in [2.24, 2.45) is 0 Å². The zero-order valence-corrected chi connectivity index (χ0v) is 16.9. The molecule has 0 saturated heterocycles. The first-order chi connectivity index (χ1) is 14.7. The van der Waals surface area contributed by atoms with Gasteiger partial charge in [0.25, 0.3) is 0 Å². The van der Waals surface area contributed by atoms with Crippen molar-refractivity contribution in [3.05, 3.63) is 96.1 Å². The molecule has 0 aliphatic heterocycles. The third kappa shape index (κ3) is 3.41. The molecule has 4 aromatic carbocycles. The molecule has 4 heteroatoms. The number of carbonyl (C=O) groups is 2. The van der Waals surface area contributed by atoms with E-state index in [0.717, 1.165) is 32.7 Å². The highest BCUT2D eigenvalue weighted by Gasteiger charge is 2.39. The molecule has 0 saturated carbocycles. The topological polar surface area (TPSA) is 52.6 Å². The van der Waals surface area contributed by atoms with Gasteiger partial charge in [-0.1, -0.05) is 84.9 Å². The molecular formula is C26H22O4. The minimum absolute atomic E-state index is 0.477. The molecule has 0 N–H and O–H groups in total. The first kappa shape index (κ1) is 19.6. The standard InChI is InChI=1S/C26H22O4/c1-29-25(27)23(21-15-7-11-17-9-3-5-13-19(17)21)24(26(28)30-2)22-16-8-12-18-10-4-6-14-20(18)22/h3-16,23-24H,1-2H3. The van der Waals surface area contributed by atoms with Gasteiger partial charge in [0.1, 0.15) is 0 Å². The lowest BCUT2D eigenvalue weighted by atomic mass is 9.78. The molecule has 0 spiro atoms. The number of ether oxygens (including phenoxy) is 2. The quantitative estimate of drug-likeness (QED) is 0.433. The van der Waals surface area contributed by atoms with E-state index >= 15 is 0 Å². The van der Waals surface area contributed by atoms with Crippen molar-refractivity contribution in [1.29, 1.82) is 0 Å². The Morgan fingerprint density at radius 1 is 0.567 bits per heavy atom. The Hall–Kier alpha value is -3.66. The molecule has 0 amide bonds. The molecule has 30 heavy (non-hydrogen) atoms. The molecule has 0 aromatic heterocycles. The fraction of sp³-hybridized carbons (Fsp3) is 0.154. The summed E-state index contributed by atoms with van der Waals surface area (Å²) in [7, 11) is 2.69. The van der Waals surface area contributed by atoms with Crippen LogP contribution >= 0.6 is 0 Å². The van der Waals surface area contributed by atoms with Crippen LogP contribution in [0.15, 0.2) is 84.9 Å². The van der Waals surface area contributed by atoms with Crippen LogP contribution in [0.3, 0.4) is 0 Å². The Morgan fingerprint density at radius 3 is 1.33 bits per heavy atom. The minimum atomic E-state index is -0.848. The van der Waals surface area contributed by atoms with Crippen molar-refractivity contribution >= 4 is 33.5 Å². The molecule has 4 nitrogen and oxygen atoms in total. The van der Waals surface area contributed by atoms with Crippen molar-refractivity contribution in [2.45, 2.75) is 11.8 Å². The van der Waals surface area contributed by atoms with Crippen molar-refractivity contribution in [3.63, 3.8) is 0 Å². The Kier molecular flexibility index (Phi) is 5.48. The third-order valence-corrected chi connectivity index (χ3v) is 5.56. The lowest BCUT2D eigenvalue weighted by molar-refractivity contribution is -0.150. The lowest BCUT2D eigenvalue weighted by Crippen LogP contribution is -2.29. The average molecular weight is 398 g/mol. The maximum atomic E-state index is 13.1. The molecule has 0 fully saturated rings. The van der Waals surface area contributed by atoms with E-state index in [4.69, 9.17) is 9.47 Å². The van der Waals surface area contributed by atoms with Crippen LogP contribution in [0, 0.1) is 0 Å². The predicted molar refractivity (Wildman–Crippen MR) is 117 cm³/mol. The number of hydrogen-bond donors (Lipinski definition) is 0. The normalized spacial score (nSPS) is 13.0. The molecule has 0 aliphatic carbocycles. The summed E-state index contributed by atoms with van der Waals surface area (Å²) < 4.78 is 10.4. The van der Waals surface area contributed by atoms with E-state index in [1.165, 1.54) is 14.2 Å². The number of rotatable bonds is 5. The van der Waals surface area contributed by atoms with Gasteiger partial charge in [0.15, 0.2) is 0 Å². The lowest BCUT2D eigenvalue weighted by Gasteiger charge is -2.26. The van der Waals surface area contributed by atoms with Gasteiger partial charge in [-0.2, -0.15) is 0 Å². The Bertz CT molecular complexity index is 1120. The summed E-state index contributed by atoms with van der Waals surface area (Å²) in [4.78, 5) is 26.2. The van der Waals surface area contributed by atoms with Crippen LogP contribution in [0.5, 0.6) is 0 Å². The highest BCUT2D eigenvalue weighted by Crippen LogP contribution is 2.40. The van der Waals surface area contributed by atoms with Crippen LogP contribution in [0.1, 0.15) is 23.0 Å². The molecule has 0 bridgehead atoms. The first-order valence-electron chi connectivity index (χ1n) is 9.76. The highest BCUT2D eigenvalue weighted by molar-refractivity contribution is 5.98. The van der Waals surface area contributed by atoms with Gasteiger partial charge in [-0.05, 0) is 32.7 Å². The average Bonchev–Trinajstić information content (AvgIpc) is 2.81. The summed E-state index contributed by atoms with van der Waals surface area (Å²) in [5.41, 5.74) is 1.48. The number of methoxy groups -OCH3 is 2. The SMILES string of the molecule is COC(=O)C(c1cccc2ccccc12)C(C(=O)OC)c1cccc2ccccc12. The highest BCUT2D eigenvalue weighted by atomic mass is 16.5. The van der Waals surface area contributed by atoms with E-state index < -0.39 is 23.8 Å². The molecular weight excluding hydrogens is 376 g/mol. The van der Waals surface area contributed by atoms with Gasteiger partial charge in [-0.25, -0.2) is 0 Å².